The summed E-state index contributed by atoms with van der Waals surface area (Å²) < 4.78 is 0. The Bertz CT molecular complexity index is 402. The number of carbonyl (C=O) groups excluding carboxylic acids is 3. The molecule has 1 aliphatic heterocycles. The predicted octanol–water partition coefficient (Wildman–Crippen LogP) is -0.102. The Balaban J connectivity index is 1.99. The van der Waals surface area contributed by atoms with Gasteiger partial charge in [-0.15, -0.1) is 0 Å². The standard InChI is InChI=1S/C13H21N3O3/c14-10(17)5-4-9(11(15)18)16-8-13(12(16)19)6-2-1-3-7-13/h9H,1-8H2,(H2,14,17)(H2,15,18). The summed E-state index contributed by atoms with van der Waals surface area (Å²) in [4.78, 5) is 36.1. The average Bonchev–Trinajstić information content (AvgIpc) is 2.38. The van der Waals surface area contributed by atoms with Crippen LogP contribution in [0.4, 0.5) is 0 Å². The summed E-state index contributed by atoms with van der Waals surface area (Å²) >= 11 is 0. The Morgan fingerprint density at radius 1 is 1.21 bits per heavy atom. The first kappa shape index (κ1) is 13.8. The van der Waals surface area contributed by atoms with E-state index in [0.717, 1.165) is 25.7 Å². The van der Waals surface area contributed by atoms with Crippen molar-refractivity contribution in [3.8, 4) is 0 Å². The molecule has 0 bridgehead atoms. The average molecular weight is 267 g/mol. The normalized spacial score (nSPS) is 22.9. The van der Waals surface area contributed by atoms with Gasteiger partial charge >= 0.3 is 0 Å². The SMILES string of the molecule is NC(=O)CCC(C(N)=O)N1CC2(CCCCC2)C1=O. The first-order chi connectivity index (χ1) is 8.96. The maximum atomic E-state index is 12.3. The van der Waals surface area contributed by atoms with Gasteiger partial charge in [-0.1, -0.05) is 19.3 Å². The lowest BCUT2D eigenvalue weighted by Crippen LogP contribution is -2.67. The van der Waals surface area contributed by atoms with Crippen LogP contribution in [0.1, 0.15) is 44.9 Å². The number of hydrogen-bond acceptors (Lipinski definition) is 3. The smallest absolute Gasteiger partial charge is 0.240 e. The fraction of sp³-hybridized carbons (Fsp3) is 0.769. The van der Waals surface area contributed by atoms with E-state index in [2.05, 4.69) is 0 Å². The molecule has 1 spiro atoms. The quantitative estimate of drug-likeness (QED) is 0.679. The Hall–Kier alpha value is -1.59. The molecule has 1 saturated heterocycles. The summed E-state index contributed by atoms with van der Waals surface area (Å²) in [5, 5.41) is 0. The molecule has 6 nitrogen and oxygen atoms in total. The Labute approximate surface area is 112 Å². The molecule has 0 radical (unpaired) electrons. The maximum Gasteiger partial charge on any atom is 0.240 e. The molecule has 4 N–H and O–H groups in total. The number of carbonyl (C=O) groups is 3. The third-order valence-corrected chi connectivity index (χ3v) is 4.37. The summed E-state index contributed by atoms with van der Waals surface area (Å²) in [6, 6.07) is -0.687. The van der Waals surface area contributed by atoms with Crippen LogP contribution in [0.25, 0.3) is 0 Å². The van der Waals surface area contributed by atoms with Gasteiger partial charge in [0.25, 0.3) is 0 Å². The molecule has 1 heterocycles. The molecule has 0 aromatic heterocycles. The van der Waals surface area contributed by atoms with Crippen LogP contribution in [0.2, 0.25) is 0 Å². The van der Waals surface area contributed by atoms with Crippen molar-refractivity contribution in [1.29, 1.82) is 0 Å². The van der Waals surface area contributed by atoms with Gasteiger partial charge in [0.15, 0.2) is 0 Å². The van der Waals surface area contributed by atoms with Crippen molar-refractivity contribution in [3.05, 3.63) is 0 Å². The van der Waals surface area contributed by atoms with Crippen LogP contribution < -0.4 is 11.5 Å². The summed E-state index contributed by atoms with van der Waals surface area (Å²) in [7, 11) is 0. The van der Waals surface area contributed by atoms with Crippen molar-refractivity contribution in [2.45, 2.75) is 51.0 Å². The molecular weight excluding hydrogens is 246 g/mol. The lowest BCUT2D eigenvalue weighted by Gasteiger charge is -2.53. The summed E-state index contributed by atoms with van der Waals surface area (Å²) in [5.41, 5.74) is 10.2. The van der Waals surface area contributed by atoms with E-state index in [1.807, 2.05) is 0 Å². The number of β-lactam (4-membered cyclic amide) rings is 1. The van der Waals surface area contributed by atoms with Gasteiger partial charge in [-0.3, -0.25) is 14.4 Å². The minimum Gasteiger partial charge on any atom is -0.370 e. The van der Waals surface area contributed by atoms with Crippen LogP contribution in [0.3, 0.4) is 0 Å². The number of hydrogen-bond donors (Lipinski definition) is 2. The zero-order chi connectivity index (χ0) is 14.0. The van der Waals surface area contributed by atoms with Crippen molar-refractivity contribution >= 4 is 17.7 Å². The molecule has 1 aliphatic carbocycles. The second kappa shape index (κ2) is 5.19. The van der Waals surface area contributed by atoms with Crippen molar-refractivity contribution in [3.63, 3.8) is 0 Å². The molecule has 1 saturated carbocycles. The number of nitrogens with zero attached hydrogens (tertiary/aromatic N) is 1. The van der Waals surface area contributed by atoms with E-state index in [4.69, 9.17) is 11.5 Å². The number of amides is 3. The summed E-state index contributed by atoms with van der Waals surface area (Å²) in [6.45, 7) is 0.595. The highest BCUT2D eigenvalue weighted by atomic mass is 16.2. The molecule has 0 aromatic rings. The Morgan fingerprint density at radius 3 is 2.32 bits per heavy atom. The van der Waals surface area contributed by atoms with Gasteiger partial charge in [0.05, 0.1) is 5.41 Å². The molecule has 1 unspecified atom stereocenters. The topological polar surface area (TPSA) is 106 Å². The van der Waals surface area contributed by atoms with Gasteiger partial charge in [-0.25, -0.2) is 0 Å². The van der Waals surface area contributed by atoms with Gasteiger partial charge < -0.3 is 16.4 Å². The zero-order valence-corrected chi connectivity index (χ0v) is 11.1. The van der Waals surface area contributed by atoms with E-state index in [1.54, 1.807) is 0 Å². The highest BCUT2D eigenvalue weighted by Gasteiger charge is 2.54. The van der Waals surface area contributed by atoms with E-state index >= 15 is 0 Å². The van der Waals surface area contributed by atoms with Crippen LogP contribution in [-0.4, -0.2) is 35.2 Å². The molecule has 2 aliphatic rings. The highest BCUT2D eigenvalue weighted by Crippen LogP contribution is 2.46. The molecule has 106 valence electrons. The van der Waals surface area contributed by atoms with Gasteiger partial charge in [0.1, 0.15) is 6.04 Å². The lowest BCUT2D eigenvalue weighted by molar-refractivity contribution is -0.171. The number of primary amides is 2. The molecule has 6 heteroatoms. The van der Waals surface area contributed by atoms with Crippen LogP contribution >= 0.6 is 0 Å². The van der Waals surface area contributed by atoms with E-state index in [0.29, 0.717) is 6.54 Å². The van der Waals surface area contributed by atoms with Gasteiger partial charge in [0.2, 0.25) is 17.7 Å². The van der Waals surface area contributed by atoms with E-state index in [9.17, 15) is 14.4 Å². The molecule has 1 atom stereocenters. The van der Waals surface area contributed by atoms with Crippen molar-refractivity contribution in [2.24, 2.45) is 16.9 Å². The predicted molar refractivity (Wildman–Crippen MR) is 68.6 cm³/mol. The van der Waals surface area contributed by atoms with Crippen LogP contribution in [0, 0.1) is 5.41 Å². The van der Waals surface area contributed by atoms with E-state index in [1.165, 1.54) is 11.3 Å². The molecule has 2 rings (SSSR count). The van der Waals surface area contributed by atoms with E-state index in [-0.39, 0.29) is 24.2 Å². The molecule has 2 fully saturated rings. The van der Waals surface area contributed by atoms with Crippen LogP contribution in [-0.2, 0) is 14.4 Å². The second-order valence-corrected chi connectivity index (χ2v) is 5.70. The first-order valence-corrected chi connectivity index (χ1v) is 6.85. The number of likely N-dealkylation sites (tertiary alicyclic amines) is 1. The van der Waals surface area contributed by atoms with Crippen molar-refractivity contribution in [2.75, 3.05) is 6.54 Å². The van der Waals surface area contributed by atoms with Gasteiger partial charge in [-0.2, -0.15) is 0 Å². The van der Waals surface area contributed by atoms with Crippen molar-refractivity contribution in [1.82, 2.24) is 4.90 Å². The van der Waals surface area contributed by atoms with Crippen molar-refractivity contribution < 1.29 is 14.4 Å². The third kappa shape index (κ3) is 2.57. The minimum atomic E-state index is -0.687. The Kier molecular flexibility index (Phi) is 3.78. The van der Waals surface area contributed by atoms with E-state index < -0.39 is 17.9 Å². The molecular formula is C13H21N3O3. The fourth-order valence-electron chi connectivity index (χ4n) is 3.26. The van der Waals surface area contributed by atoms with Crippen LogP contribution in [0.5, 0.6) is 0 Å². The summed E-state index contributed by atoms with van der Waals surface area (Å²) in [6.07, 6.45) is 5.43. The van der Waals surface area contributed by atoms with Gasteiger partial charge in [0, 0.05) is 13.0 Å². The largest absolute Gasteiger partial charge is 0.370 e. The first-order valence-electron chi connectivity index (χ1n) is 6.85. The minimum absolute atomic E-state index is 0.0282. The lowest BCUT2D eigenvalue weighted by atomic mass is 9.67. The highest BCUT2D eigenvalue weighted by molar-refractivity contribution is 5.94. The number of rotatable bonds is 5. The maximum absolute atomic E-state index is 12.3. The fourth-order valence-corrected chi connectivity index (χ4v) is 3.26. The second-order valence-electron chi connectivity index (χ2n) is 5.70. The zero-order valence-electron chi connectivity index (χ0n) is 11.1. The monoisotopic (exact) mass is 267 g/mol. The molecule has 0 aromatic carbocycles. The Morgan fingerprint density at radius 2 is 1.84 bits per heavy atom. The molecule has 19 heavy (non-hydrogen) atoms. The van der Waals surface area contributed by atoms with Gasteiger partial charge in [-0.05, 0) is 19.3 Å². The number of nitrogens with two attached hydrogens (primary N) is 2. The molecule has 3 amide bonds. The summed E-state index contributed by atoms with van der Waals surface area (Å²) in [5.74, 6) is -1.01. The third-order valence-electron chi connectivity index (χ3n) is 4.37. The van der Waals surface area contributed by atoms with Crippen LogP contribution in [0.15, 0.2) is 0 Å².